The van der Waals surface area contributed by atoms with Crippen molar-refractivity contribution in [3.63, 3.8) is 0 Å². The lowest BCUT2D eigenvalue weighted by molar-refractivity contribution is -0.115. The minimum atomic E-state index is -0.240. The Bertz CT molecular complexity index is 795. The molecule has 1 amide bonds. The number of aryl methyl sites for hydroxylation is 1. The molecule has 0 bridgehead atoms. The molecule has 0 fully saturated rings. The number of amides is 1. The fourth-order valence-electron chi connectivity index (χ4n) is 2.18. The quantitative estimate of drug-likeness (QED) is 0.743. The molecule has 3 nitrogen and oxygen atoms in total. The van der Waals surface area contributed by atoms with E-state index < -0.39 is 0 Å². The predicted octanol–water partition coefficient (Wildman–Crippen LogP) is 4.42. The first-order valence-corrected chi connectivity index (χ1v) is 8.88. The molecular formula is C17H15FN2OS2. The summed E-state index contributed by atoms with van der Waals surface area (Å²) in [6.07, 6.45) is 1.04. The molecule has 0 saturated heterocycles. The molecule has 0 spiro atoms. The van der Waals surface area contributed by atoms with Crippen LogP contribution >= 0.6 is 22.7 Å². The second kappa shape index (κ2) is 7.02. The van der Waals surface area contributed by atoms with Gasteiger partial charge >= 0.3 is 0 Å². The number of benzene rings is 1. The molecule has 23 heavy (non-hydrogen) atoms. The number of rotatable bonds is 5. The minimum Gasteiger partial charge on any atom is -0.302 e. The number of carbonyl (C=O) groups is 1. The molecule has 0 aliphatic carbocycles. The summed E-state index contributed by atoms with van der Waals surface area (Å²) in [5, 5.41) is 7.38. The van der Waals surface area contributed by atoms with E-state index in [0.29, 0.717) is 18.0 Å². The van der Waals surface area contributed by atoms with Gasteiger partial charge in [0.05, 0.1) is 12.1 Å². The third kappa shape index (κ3) is 4.24. The van der Waals surface area contributed by atoms with Crippen molar-refractivity contribution in [1.29, 1.82) is 0 Å². The highest BCUT2D eigenvalue weighted by Crippen LogP contribution is 2.25. The molecule has 3 rings (SSSR count). The molecule has 1 aromatic carbocycles. The van der Waals surface area contributed by atoms with Crippen LogP contribution in [-0.4, -0.2) is 10.9 Å². The van der Waals surface area contributed by atoms with Gasteiger partial charge in [0, 0.05) is 11.3 Å². The Kier molecular flexibility index (Phi) is 4.83. The van der Waals surface area contributed by atoms with Crippen molar-refractivity contribution in [3.8, 4) is 0 Å². The Morgan fingerprint density at radius 1 is 1.22 bits per heavy atom. The lowest BCUT2D eigenvalue weighted by Gasteiger charge is -2.00. The molecule has 0 saturated carbocycles. The number of thiazole rings is 1. The number of nitrogens with one attached hydrogen (secondary N) is 1. The first-order valence-electron chi connectivity index (χ1n) is 7.12. The Morgan fingerprint density at radius 2 is 2.00 bits per heavy atom. The van der Waals surface area contributed by atoms with Crippen LogP contribution in [0.2, 0.25) is 0 Å². The van der Waals surface area contributed by atoms with E-state index in [1.807, 2.05) is 23.8 Å². The Hall–Kier alpha value is -2.05. The second-order valence-corrected chi connectivity index (χ2v) is 7.05. The summed E-state index contributed by atoms with van der Waals surface area (Å²) in [5.74, 6) is -0.304. The lowest BCUT2D eigenvalue weighted by Crippen LogP contribution is -2.13. The van der Waals surface area contributed by atoms with E-state index in [0.717, 1.165) is 21.7 Å². The molecule has 0 atom stereocenters. The number of thiophene rings is 1. The highest BCUT2D eigenvalue weighted by Gasteiger charge is 2.11. The minimum absolute atomic E-state index is 0.0644. The normalized spacial score (nSPS) is 10.7. The molecule has 0 radical (unpaired) electrons. The molecule has 118 valence electrons. The predicted molar refractivity (Wildman–Crippen MR) is 92.7 cm³/mol. The Labute approximate surface area is 141 Å². The highest BCUT2D eigenvalue weighted by atomic mass is 32.1. The van der Waals surface area contributed by atoms with Crippen molar-refractivity contribution in [3.05, 3.63) is 68.6 Å². The van der Waals surface area contributed by atoms with Crippen LogP contribution in [0.1, 0.15) is 21.7 Å². The average Bonchev–Trinajstić information content (AvgIpc) is 3.12. The van der Waals surface area contributed by atoms with E-state index in [1.165, 1.54) is 23.5 Å². The largest absolute Gasteiger partial charge is 0.302 e. The van der Waals surface area contributed by atoms with Crippen LogP contribution in [0.4, 0.5) is 9.52 Å². The zero-order chi connectivity index (χ0) is 16.2. The fraction of sp³-hybridized carbons (Fsp3) is 0.176. The Balaban J connectivity index is 1.65. The first-order chi connectivity index (χ1) is 11.1. The van der Waals surface area contributed by atoms with Gasteiger partial charge in [-0.25, -0.2) is 9.37 Å². The highest BCUT2D eigenvalue weighted by molar-refractivity contribution is 7.15. The summed E-state index contributed by atoms with van der Waals surface area (Å²) in [4.78, 5) is 17.5. The van der Waals surface area contributed by atoms with Crippen LogP contribution in [0.5, 0.6) is 0 Å². The standard InChI is InChI=1S/C17H15FN2OS2/c1-11-15(8-12-2-4-14(18)5-3-12)23-17(19-11)20-16(21)9-13-6-7-22-10-13/h2-7,10H,8-9H2,1H3,(H,19,20,21). The molecule has 0 unspecified atom stereocenters. The number of carbonyl (C=O) groups excluding carboxylic acids is 1. The van der Waals surface area contributed by atoms with Gasteiger partial charge in [0.2, 0.25) is 5.91 Å². The van der Waals surface area contributed by atoms with E-state index in [-0.39, 0.29) is 11.7 Å². The molecule has 0 aliphatic rings. The molecule has 6 heteroatoms. The van der Waals surface area contributed by atoms with E-state index in [9.17, 15) is 9.18 Å². The van der Waals surface area contributed by atoms with Crippen molar-refractivity contribution in [2.45, 2.75) is 19.8 Å². The molecule has 3 aromatic rings. The van der Waals surface area contributed by atoms with Crippen LogP contribution in [-0.2, 0) is 17.6 Å². The monoisotopic (exact) mass is 346 g/mol. The van der Waals surface area contributed by atoms with Gasteiger partial charge in [0.1, 0.15) is 5.82 Å². The van der Waals surface area contributed by atoms with Gasteiger partial charge in [-0.3, -0.25) is 4.79 Å². The first kappa shape index (κ1) is 15.8. The van der Waals surface area contributed by atoms with Gasteiger partial charge in [0.15, 0.2) is 5.13 Å². The van der Waals surface area contributed by atoms with Gasteiger partial charge in [-0.1, -0.05) is 12.1 Å². The summed E-state index contributed by atoms with van der Waals surface area (Å²) < 4.78 is 13.0. The third-order valence-corrected chi connectivity index (χ3v) is 5.17. The van der Waals surface area contributed by atoms with Crippen LogP contribution in [0.3, 0.4) is 0 Å². The SMILES string of the molecule is Cc1nc(NC(=O)Cc2ccsc2)sc1Cc1ccc(F)cc1. The number of anilines is 1. The van der Waals surface area contributed by atoms with Crippen molar-refractivity contribution < 1.29 is 9.18 Å². The lowest BCUT2D eigenvalue weighted by atomic mass is 10.1. The number of halogens is 1. The summed E-state index contributed by atoms with van der Waals surface area (Å²) in [6.45, 7) is 1.92. The van der Waals surface area contributed by atoms with Crippen molar-refractivity contribution in [2.24, 2.45) is 0 Å². The van der Waals surface area contributed by atoms with Crippen molar-refractivity contribution in [2.75, 3.05) is 5.32 Å². The van der Waals surface area contributed by atoms with Gasteiger partial charge in [-0.15, -0.1) is 11.3 Å². The summed E-state index contributed by atoms with van der Waals surface area (Å²) >= 11 is 3.04. The molecule has 2 heterocycles. The van der Waals surface area contributed by atoms with Crippen molar-refractivity contribution in [1.82, 2.24) is 4.98 Å². The van der Waals surface area contributed by atoms with Crippen molar-refractivity contribution >= 4 is 33.7 Å². The molecule has 2 aromatic heterocycles. The van der Waals surface area contributed by atoms with Crippen LogP contribution in [0.25, 0.3) is 0 Å². The maximum absolute atomic E-state index is 13.0. The summed E-state index contributed by atoms with van der Waals surface area (Å²) in [7, 11) is 0. The van der Waals surface area contributed by atoms with E-state index >= 15 is 0 Å². The summed E-state index contributed by atoms with van der Waals surface area (Å²) in [5.41, 5.74) is 2.92. The number of aromatic nitrogens is 1. The number of hydrogen-bond acceptors (Lipinski definition) is 4. The van der Waals surface area contributed by atoms with Gasteiger partial charge in [-0.2, -0.15) is 11.3 Å². The maximum atomic E-state index is 13.0. The van der Waals surface area contributed by atoms with E-state index in [4.69, 9.17) is 0 Å². The third-order valence-electron chi connectivity index (χ3n) is 3.36. The smallest absolute Gasteiger partial charge is 0.230 e. The topological polar surface area (TPSA) is 42.0 Å². The molecule has 1 N–H and O–H groups in total. The fourth-order valence-corrected chi connectivity index (χ4v) is 3.86. The van der Waals surface area contributed by atoms with Crippen LogP contribution < -0.4 is 5.32 Å². The number of hydrogen-bond donors (Lipinski definition) is 1. The second-order valence-electron chi connectivity index (χ2n) is 5.19. The average molecular weight is 346 g/mol. The zero-order valence-corrected chi connectivity index (χ0v) is 14.1. The van der Waals surface area contributed by atoms with Crippen LogP contribution in [0, 0.1) is 12.7 Å². The molecule has 0 aliphatic heterocycles. The van der Waals surface area contributed by atoms with E-state index in [2.05, 4.69) is 10.3 Å². The van der Waals surface area contributed by atoms with Crippen LogP contribution in [0.15, 0.2) is 41.1 Å². The van der Waals surface area contributed by atoms with E-state index in [1.54, 1.807) is 23.5 Å². The zero-order valence-electron chi connectivity index (χ0n) is 12.5. The summed E-state index contributed by atoms with van der Waals surface area (Å²) in [6, 6.07) is 8.38. The van der Waals surface area contributed by atoms with Gasteiger partial charge in [0.25, 0.3) is 0 Å². The van der Waals surface area contributed by atoms with Gasteiger partial charge in [-0.05, 0) is 47.0 Å². The molecular weight excluding hydrogens is 331 g/mol. The van der Waals surface area contributed by atoms with Gasteiger partial charge < -0.3 is 5.32 Å². The Morgan fingerprint density at radius 3 is 2.70 bits per heavy atom. The number of nitrogens with zero attached hydrogens (tertiary/aromatic N) is 1. The maximum Gasteiger partial charge on any atom is 0.230 e.